The minimum absolute atomic E-state index is 0.0107. The van der Waals surface area contributed by atoms with Crippen LogP contribution in [-0.2, 0) is 12.2 Å². The molecule has 4 aromatic rings. The molecule has 3 aliphatic rings. The lowest BCUT2D eigenvalue weighted by atomic mass is 9.74. The summed E-state index contributed by atoms with van der Waals surface area (Å²) in [5, 5.41) is 74.7. The van der Waals surface area contributed by atoms with Crippen LogP contribution < -0.4 is 14.2 Å². The standard InChI is InChI=1S/C30H24O10/c31-15-5-1-13(2-6-15)27-21(36)11-18-19(34)12-23-25(28(18)38-27)26-24-20(35)9-17(33)10-22(24)39-30(40-23,29(26)37)14-3-7-16(32)8-4-14/h1-10,12,21,26-27,29,31-37H,11H2/t21-,26-,27-,29-,30-/m1/s1. The highest BCUT2D eigenvalue weighted by Gasteiger charge is 2.60. The van der Waals surface area contributed by atoms with E-state index in [2.05, 4.69) is 0 Å². The second-order valence-corrected chi connectivity index (χ2v) is 10.2. The van der Waals surface area contributed by atoms with Gasteiger partial charge in [-0.15, -0.1) is 0 Å². The van der Waals surface area contributed by atoms with Crippen LogP contribution in [0.4, 0.5) is 0 Å². The van der Waals surface area contributed by atoms with Gasteiger partial charge >= 0.3 is 5.79 Å². The molecule has 3 heterocycles. The first kappa shape index (κ1) is 24.3. The number of hydrogen-bond donors (Lipinski definition) is 7. The maximum Gasteiger partial charge on any atom is 0.305 e. The molecular formula is C30H24O10. The summed E-state index contributed by atoms with van der Waals surface area (Å²) in [5.74, 6) is -3.36. The summed E-state index contributed by atoms with van der Waals surface area (Å²) in [4.78, 5) is 0. The van der Waals surface area contributed by atoms with Crippen LogP contribution in [0.2, 0.25) is 0 Å². The lowest BCUT2D eigenvalue weighted by Crippen LogP contribution is -2.57. The van der Waals surface area contributed by atoms with Gasteiger partial charge in [0, 0.05) is 46.9 Å². The Labute approximate surface area is 227 Å². The van der Waals surface area contributed by atoms with E-state index in [1.165, 1.54) is 48.5 Å². The van der Waals surface area contributed by atoms with Crippen LogP contribution in [0.25, 0.3) is 0 Å². The molecule has 0 aliphatic carbocycles. The van der Waals surface area contributed by atoms with Crippen molar-refractivity contribution in [2.75, 3.05) is 0 Å². The fourth-order valence-electron chi connectivity index (χ4n) is 5.99. The van der Waals surface area contributed by atoms with Gasteiger partial charge in [-0.2, -0.15) is 0 Å². The van der Waals surface area contributed by atoms with Crippen molar-refractivity contribution in [1.82, 2.24) is 0 Å². The van der Waals surface area contributed by atoms with E-state index >= 15 is 0 Å². The van der Waals surface area contributed by atoms with Gasteiger partial charge in [0.1, 0.15) is 58.2 Å². The monoisotopic (exact) mass is 544 g/mol. The van der Waals surface area contributed by atoms with Crippen LogP contribution in [0.5, 0.6) is 46.0 Å². The molecule has 10 heteroatoms. The zero-order valence-corrected chi connectivity index (χ0v) is 20.7. The van der Waals surface area contributed by atoms with E-state index in [-0.39, 0.29) is 58.0 Å². The van der Waals surface area contributed by atoms with Gasteiger partial charge < -0.3 is 50.0 Å². The second kappa shape index (κ2) is 8.35. The molecule has 7 N–H and O–H groups in total. The van der Waals surface area contributed by atoms with Crippen molar-refractivity contribution in [1.29, 1.82) is 0 Å². The van der Waals surface area contributed by atoms with E-state index in [4.69, 9.17) is 14.2 Å². The fraction of sp³-hybridized carbons (Fsp3) is 0.200. The molecule has 7 rings (SSSR count). The van der Waals surface area contributed by atoms with Gasteiger partial charge in [-0.25, -0.2) is 0 Å². The molecule has 4 aromatic carbocycles. The normalized spacial score (nSPS) is 25.9. The van der Waals surface area contributed by atoms with Crippen LogP contribution in [0, 0.1) is 0 Å². The number of rotatable bonds is 2. The highest BCUT2D eigenvalue weighted by Crippen LogP contribution is 2.62. The number of fused-ring (bicyclic) bond motifs is 8. The number of aliphatic hydroxyl groups is 2. The number of phenolic OH excluding ortho intramolecular Hbond substituents is 5. The highest BCUT2D eigenvalue weighted by atomic mass is 16.7. The lowest BCUT2D eigenvalue weighted by Gasteiger charge is -2.50. The second-order valence-electron chi connectivity index (χ2n) is 10.2. The van der Waals surface area contributed by atoms with Gasteiger partial charge in [0.05, 0.1) is 12.0 Å². The predicted molar refractivity (Wildman–Crippen MR) is 138 cm³/mol. The minimum atomic E-state index is -1.89. The van der Waals surface area contributed by atoms with Crippen LogP contribution in [-0.4, -0.2) is 48.0 Å². The maximum absolute atomic E-state index is 11.9. The number of phenols is 5. The summed E-state index contributed by atoms with van der Waals surface area (Å²) in [5.41, 5.74) is 1.69. The molecule has 0 aromatic heterocycles. The van der Waals surface area contributed by atoms with Crippen LogP contribution in [0.1, 0.15) is 39.8 Å². The zero-order valence-electron chi connectivity index (χ0n) is 20.7. The molecule has 10 nitrogen and oxygen atoms in total. The average Bonchev–Trinajstić information content (AvgIpc) is 2.90. The largest absolute Gasteiger partial charge is 0.508 e. The number of aromatic hydroxyl groups is 5. The van der Waals surface area contributed by atoms with Gasteiger partial charge in [0.15, 0.2) is 0 Å². The molecule has 3 aliphatic heterocycles. The first-order chi connectivity index (χ1) is 19.2. The van der Waals surface area contributed by atoms with Crippen molar-refractivity contribution in [2.24, 2.45) is 0 Å². The Kier molecular flexibility index (Phi) is 5.06. The summed E-state index contributed by atoms with van der Waals surface area (Å²) >= 11 is 0. The minimum Gasteiger partial charge on any atom is -0.508 e. The SMILES string of the molecule is Oc1ccc([C@H]2Oc3c(c(O)cc4c3[C@H]3c5c(O)cc(O)cc5O[C@](c5ccc(O)cc5)(O4)[C@@H]3O)C[C@H]2O)cc1. The van der Waals surface area contributed by atoms with Crippen LogP contribution >= 0.6 is 0 Å². The maximum atomic E-state index is 11.9. The van der Waals surface area contributed by atoms with Crippen LogP contribution in [0.3, 0.4) is 0 Å². The topological polar surface area (TPSA) is 169 Å². The molecular weight excluding hydrogens is 520 g/mol. The molecule has 2 bridgehead atoms. The Morgan fingerprint density at radius 2 is 1.30 bits per heavy atom. The molecule has 0 amide bonds. The fourth-order valence-corrected chi connectivity index (χ4v) is 5.99. The predicted octanol–water partition coefficient (Wildman–Crippen LogP) is 3.38. The van der Waals surface area contributed by atoms with E-state index in [0.717, 1.165) is 6.07 Å². The van der Waals surface area contributed by atoms with Gasteiger partial charge in [0.25, 0.3) is 0 Å². The van der Waals surface area contributed by atoms with E-state index < -0.39 is 30.0 Å². The summed E-state index contributed by atoms with van der Waals surface area (Å²) in [6.07, 6.45) is -3.38. The third-order valence-corrected chi connectivity index (χ3v) is 7.82. The number of hydrogen-bond acceptors (Lipinski definition) is 10. The van der Waals surface area contributed by atoms with Crippen LogP contribution in [0.15, 0.2) is 66.7 Å². The molecule has 0 radical (unpaired) electrons. The average molecular weight is 545 g/mol. The van der Waals surface area contributed by atoms with E-state index in [9.17, 15) is 35.7 Å². The quantitative estimate of drug-likeness (QED) is 0.199. The van der Waals surface area contributed by atoms with Crippen molar-refractivity contribution in [2.45, 2.75) is 36.4 Å². The molecule has 40 heavy (non-hydrogen) atoms. The van der Waals surface area contributed by atoms with Crippen molar-refractivity contribution in [3.8, 4) is 46.0 Å². The Hall–Kier alpha value is -4.80. The van der Waals surface area contributed by atoms with Crippen molar-refractivity contribution >= 4 is 0 Å². The third-order valence-electron chi connectivity index (χ3n) is 7.82. The summed E-state index contributed by atoms with van der Waals surface area (Å²) < 4.78 is 18.9. The van der Waals surface area contributed by atoms with Gasteiger partial charge in [0.2, 0.25) is 0 Å². The van der Waals surface area contributed by atoms with E-state index in [1.54, 1.807) is 12.1 Å². The summed E-state index contributed by atoms with van der Waals surface area (Å²) in [6, 6.07) is 15.8. The Balaban J connectivity index is 1.47. The van der Waals surface area contributed by atoms with Gasteiger partial charge in [-0.1, -0.05) is 12.1 Å². The summed E-state index contributed by atoms with van der Waals surface area (Å²) in [7, 11) is 0. The first-order valence-electron chi connectivity index (χ1n) is 12.6. The molecule has 0 saturated heterocycles. The molecule has 0 saturated carbocycles. The lowest BCUT2D eigenvalue weighted by molar-refractivity contribution is -0.219. The molecule has 5 atom stereocenters. The van der Waals surface area contributed by atoms with Gasteiger partial charge in [-0.05, 0) is 42.0 Å². The van der Waals surface area contributed by atoms with Crippen molar-refractivity contribution in [3.63, 3.8) is 0 Å². The first-order valence-corrected chi connectivity index (χ1v) is 12.6. The number of benzene rings is 4. The van der Waals surface area contributed by atoms with Gasteiger partial charge in [-0.3, -0.25) is 0 Å². The molecule has 0 fully saturated rings. The van der Waals surface area contributed by atoms with E-state index in [0.29, 0.717) is 22.3 Å². The molecule has 0 unspecified atom stereocenters. The molecule has 204 valence electrons. The third kappa shape index (κ3) is 3.36. The Morgan fingerprint density at radius 3 is 1.98 bits per heavy atom. The Bertz CT molecular complexity index is 1650. The number of aliphatic hydroxyl groups excluding tert-OH is 2. The van der Waals surface area contributed by atoms with Crippen molar-refractivity contribution < 1.29 is 50.0 Å². The zero-order chi connectivity index (χ0) is 27.9. The Morgan fingerprint density at radius 1 is 0.675 bits per heavy atom. The smallest absolute Gasteiger partial charge is 0.305 e. The van der Waals surface area contributed by atoms with E-state index in [1.807, 2.05) is 0 Å². The number of ether oxygens (including phenoxy) is 3. The molecule has 0 spiro atoms. The van der Waals surface area contributed by atoms with Crippen molar-refractivity contribution in [3.05, 3.63) is 94.5 Å². The highest BCUT2D eigenvalue weighted by molar-refractivity contribution is 5.67. The summed E-state index contributed by atoms with van der Waals surface area (Å²) in [6.45, 7) is 0.